The molecule has 78 valence electrons. The van der Waals surface area contributed by atoms with E-state index in [9.17, 15) is 5.11 Å². The number of hydrogen-bond acceptors (Lipinski definition) is 3. The average Bonchev–Trinajstić information content (AvgIpc) is 2.16. The Hall–Kier alpha value is -0.770. The van der Waals surface area contributed by atoms with Gasteiger partial charge in [0.05, 0.1) is 18.2 Å². The summed E-state index contributed by atoms with van der Waals surface area (Å²) in [5.74, 6) is 0.590. The second-order valence-corrected chi connectivity index (χ2v) is 3.61. The maximum Gasteiger partial charge on any atom is 0.137 e. The van der Waals surface area contributed by atoms with E-state index in [0.29, 0.717) is 16.3 Å². The van der Waals surface area contributed by atoms with Crippen molar-refractivity contribution in [1.29, 1.82) is 0 Å². The third-order valence-electron chi connectivity index (χ3n) is 2.02. The second kappa shape index (κ2) is 4.64. The molecule has 2 atom stereocenters. The molecule has 0 heterocycles. The Kier molecular flexibility index (Phi) is 3.75. The number of halogens is 1. The molecule has 3 nitrogen and oxygen atoms in total. The van der Waals surface area contributed by atoms with Gasteiger partial charge in [-0.3, -0.25) is 0 Å². The Labute approximate surface area is 88.4 Å². The molecule has 0 saturated carbocycles. The second-order valence-electron chi connectivity index (χ2n) is 3.20. The summed E-state index contributed by atoms with van der Waals surface area (Å²) in [7, 11) is 1.54. The van der Waals surface area contributed by atoms with Crippen molar-refractivity contribution in [1.82, 2.24) is 0 Å². The van der Waals surface area contributed by atoms with Gasteiger partial charge in [0.15, 0.2) is 0 Å². The molecular formula is C10H14ClNO2. The van der Waals surface area contributed by atoms with E-state index in [0.717, 1.165) is 0 Å². The lowest BCUT2D eigenvalue weighted by atomic mass is 10.0. The lowest BCUT2D eigenvalue weighted by Crippen LogP contribution is -2.24. The molecule has 0 radical (unpaired) electrons. The number of aliphatic hydroxyl groups excluding tert-OH is 1. The summed E-state index contributed by atoms with van der Waals surface area (Å²) in [5, 5.41) is 10.1. The van der Waals surface area contributed by atoms with Gasteiger partial charge in [-0.25, -0.2) is 0 Å². The molecule has 0 spiro atoms. The molecule has 0 bridgehead atoms. The minimum atomic E-state index is -0.696. The average molecular weight is 216 g/mol. The van der Waals surface area contributed by atoms with Gasteiger partial charge in [-0.2, -0.15) is 0 Å². The summed E-state index contributed by atoms with van der Waals surface area (Å²) in [6, 6.07) is 4.80. The van der Waals surface area contributed by atoms with Gasteiger partial charge in [0, 0.05) is 6.04 Å². The molecule has 1 aromatic rings. The summed E-state index contributed by atoms with van der Waals surface area (Å²) < 4.78 is 5.00. The van der Waals surface area contributed by atoms with E-state index in [2.05, 4.69) is 0 Å². The molecule has 1 rings (SSSR count). The maximum absolute atomic E-state index is 9.66. The summed E-state index contributed by atoms with van der Waals surface area (Å²) in [4.78, 5) is 0. The fourth-order valence-electron chi connectivity index (χ4n) is 1.17. The van der Waals surface area contributed by atoms with Crippen LogP contribution in [0.4, 0.5) is 0 Å². The molecule has 0 fully saturated rings. The van der Waals surface area contributed by atoms with Crippen molar-refractivity contribution in [3.05, 3.63) is 28.8 Å². The predicted molar refractivity (Wildman–Crippen MR) is 56.6 cm³/mol. The summed E-state index contributed by atoms with van der Waals surface area (Å²) >= 11 is 5.90. The zero-order chi connectivity index (χ0) is 10.7. The van der Waals surface area contributed by atoms with Crippen LogP contribution in [-0.2, 0) is 0 Å². The van der Waals surface area contributed by atoms with Gasteiger partial charge in [0.2, 0.25) is 0 Å². The van der Waals surface area contributed by atoms with E-state index in [1.807, 2.05) is 0 Å². The van der Waals surface area contributed by atoms with E-state index >= 15 is 0 Å². The molecule has 0 saturated heterocycles. The minimum absolute atomic E-state index is 0.320. The first kappa shape index (κ1) is 11.3. The third kappa shape index (κ3) is 2.38. The van der Waals surface area contributed by atoms with Gasteiger partial charge in [0.1, 0.15) is 5.75 Å². The number of benzene rings is 1. The quantitative estimate of drug-likeness (QED) is 0.808. The highest BCUT2D eigenvalue weighted by Gasteiger charge is 2.13. The molecule has 0 unspecified atom stereocenters. The van der Waals surface area contributed by atoms with Crippen LogP contribution < -0.4 is 10.5 Å². The zero-order valence-electron chi connectivity index (χ0n) is 8.20. The SMILES string of the molecule is COc1ccc([C@@H](O)[C@H](C)N)cc1Cl. The van der Waals surface area contributed by atoms with Crippen molar-refractivity contribution in [2.75, 3.05) is 7.11 Å². The number of hydrogen-bond donors (Lipinski definition) is 2. The van der Waals surface area contributed by atoms with Crippen LogP contribution in [0.15, 0.2) is 18.2 Å². The first-order valence-corrected chi connectivity index (χ1v) is 4.71. The van der Waals surface area contributed by atoms with Crippen molar-refractivity contribution in [2.24, 2.45) is 5.73 Å². The van der Waals surface area contributed by atoms with Crippen molar-refractivity contribution in [2.45, 2.75) is 19.1 Å². The fraction of sp³-hybridized carbons (Fsp3) is 0.400. The Morgan fingerprint density at radius 1 is 1.50 bits per heavy atom. The Morgan fingerprint density at radius 3 is 2.57 bits per heavy atom. The summed E-state index contributed by atoms with van der Waals surface area (Å²) in [5.41, 5.74) is 6.26. The van der Waals surface area contributed by atoms with Crippen LogP contribution in [0.2, 0.25) is 5.02 Å². The van der Waals surface area contributed by atoms with Crippen LogP contribution in [-0.4, -0.2) is 18.3 Å². The van der Waals surface area contributed by atoms with E-state index in [1.54, 1.807) is 32.2 Å². The van der Waals surface area contributed by atoms with Crippen LogP contribution in [0.3, 0.4) is 0 Å². The lowest BCUT2D eigenvalue weighted by molar-refractivity contribution is 0.153. The van der Waals surface area contributed by atoms with E-state index < -0.39 is 6.10 Å². The predicted octanol–water partition coefficient (Wildman–Crippen LogP) is 1.73. The molecule has 4 heteroatoms. The number of rotatable bonds is 3. The van der Waals surface area contributed by atoms with Gasteiger partial charge in [-0.15, -0.1) is 0 Å². The number of nitrogens with two attached hydrogens (primary N) is 1. The number of methoxy groups -OCH3 is 1. The molecule has 1 aromatic carbocycles. The highest BCUT2D eigenvalue weighted by molar-refractivity contribution is 6.32. The molecule has 3 N–H and O–H groups in total. The first-order chi connectivity index (χ1) is 6.56. The van der Waals surface area contributed by atoms with Gasteiger partial charge in [0.25, 0.3) is 0 Å². The van der Waals surface area contributed by atoms with Gasteiger partial charge < -0.3 is 15.6 Å². The van der Waals surface area contributed by atoms with Crippen molar-refractivity contribution < 1.29 is 9.84 Å². The van der Waals surface area contributed by atoms with E-state index in [4.69, 9.17) is 22.1 Å². The van der Waals surface area contributed by atoms with E-state index in [1.165, 1.54) is 0 Å². The maximum atomic E-state index is 9.66. The lowest BCUT2D eigenvalue weighted by Gasteiger charge is -2.15. The number of ether oxygens (including phenoxy) is 1. The van der Waals surface area contributed by atoms with Crippen LogP contribution in [0.25, 0.3) is 0 Å². The standard InChI is InChI=1S/C10H14ClNO2/c1-6(12)10(13)7-3-4-9(14-2)8(11)5-7/h3-6,10,13H,12H2,1-2H3/t6-,10-/m0/s1. The van der Waals surface area contributed by atoms with Gasteiger partial charge in [-0.05, 0) is 24.6 Å². The Morgan fingerprint density at radius 2 is 2.14 bits per heavy atom. The number of aliphatic hydroxyl groups is 1. The Bertz CT molecular complexity index is 315. The summed E-state index contributed by atoms with van der Waals surface area (Å²) in [6.45, 7) is 1.74. The minimum Gasteiger partial charge on any atom is -0.495 e. The Balaban J connectivity index is 2.96. The molecule has 0 aromatic heterocycles. The zero-order valence-corrected chi connectivity index (χ0v) is 8.95. The van der Waals surface area contributed by atoms with Gasteiger partial charge >= 0.3 is 0 Å². The normalized spacial score (nSPS) is 14.9. The summed E-state index contributed by atoms with van der Waals surface area (Å²) in [6.07, 6.45) is -0.696. The van der Waals surface area contributed by atoms with Crippen LogP contribution in [0.5, 0.6) is 5.75 Å². The van der Waals surface area contributed by atoms with Crippen LogP contribution >= 0.6 is 11.6 Å². The molecule has 0 amide bonds. The van der Waals surface area contributed by atoms with Crippen molar-refractivity contribution in [3.8, 4) is 5.75 Å². The van der Waals surface area contributed by atoms with Gasteiger partial charge in [-0.1, -0.05) is 17.7 Å². The van der Waals surface area contributed by atoms with Crippen molar-refractivity contribution in [3.63, 3.8) is 0 Å². The monoisotopic (exact) mass is 215 g/mol. The molecular weight excluding hydrogens is 202 g/mol. The molecule has 0 aliphatic carbocycles. The smallest absolute Gasteiger partial charge is 0.137 e. The molecule has 0 aliphatic rings. The molecule has 14 heavy (non-hydrogen) atoms. The third-order valence-corrected chi connectivity index (χ3v) is 2.31. The van der Waals surface area contributed by atoms with Crippen LogP contribution in [0, 0.1) is 0 Å². The van der Waals surface area contributed by atoms with Crippen LogP contribution in [0.1, 0.15) is 18.6 Å². The highest BCUT2D eigenvalue weighted by atomic mass is 35.5. The van der Waals surface area contributed by atoms with Crippen molar-refractivity contribution >= 4 is 11.6 Å². The fourth-order valence-corrected chi connectivity index (χ4v) is 1.44. The topological polar surface area (TPSA) is 55.5 Å². The highest BCUT2D eigenvalue weighted by Crippen LogP contribution is 2.28. The molecule has 0 aliphatic heterocycles. The van der Waals surface area contributed by atoms with E-state index in [-0.39, 0.29) is 6.04 Å². The largest absolute Gasteiger partial charge is 0.495 e. The first-order valence-electron chi connectivity index (χ1n) is 4.33.